The second-order valence-corrected chi connectivity index (χ2v) is 5.00. The summed E-state index contributed by atoms with van der Waals surface area (Å²) in [7, 11) is 0. The first-order chi connectivity index (χ1) is 9.38. The number of rotatable bonds is 2. The number of carbonyl (C=O) groups excluding carboxylic acids is 1. The van der Waals surface area contributed by atoms with E-state index in [4.69, 9.17) is 5.73 Å². The second kappa shape index (κ2) is 5.25. The number of hydrogen-bond acceptors (Lipinski definition) is 3. The van der Waals surface area contributed by atoms with Crippen LogP contribution in [0.5, 0.6) is 5.75 Å². The molecule has 0 fully saturated rings. The first-order valence-electron chi connectivity index (χ1n) is 6.36. The van der Waals surface area contributed by atoms with E-state index in [2.05, 4.69) is 5.32 Å². The third-order valence-corrected chi connectivity index (χ3v) is 3.19. The zero-order valence-corrected chi connectivity index (χ0v) is 11.8. The molecular weight excluding hydrogens is 252 g/mol. The van der Waals surface area contributed by atoms with E-state index in [-0.39, 0.29) is 17.2 Å². The summed E-state index contributed by atoms with van der Waals surface area (Å²) in [6, 6.07) is 8.58. The van der Waals surface area contributed by atoms with Crippen molar-refractivity contribution in [1.29, 1.82) is 0 Å². The summed E-state index contributed by atoms with van der Waals surface area (Å²) in [5, 5.41) is 12.7. The van der Waals surface area contributed by atoms with E-state index in [1.807, 2.05) is 20.8 Å². The highest BCUT2D eigenvalue weighted by molar-refractivity contribution is 6.07. The van der Waals surface area contributed by atoms with E-state index in [1.165, 1.54) is 0 Å². The van der Waals surface area contributed by atoms with Crippen LogP contribution in [-0.4, -0.2) is 11.0 Å². The molecule has 0 saturated heterocycles. The van der Waals surface area contributed by atoms with Gasteiger partial charge in [0.1, 0.15) is 5.75 Å². The van der Waals surface area contributed by atoms with Gasteiger partial charge in [0.15, 0.2) is 0 Å². The molecule has 4 heteroatoms. The number of aryl methyl sites for hydroxylation is 3. The maximum absolute atomic E-state index is 12.2. The van der Waals surface area contributed by atoms with Crippen LogP contribution in [0.2, 0.25) is 0 Å². The lowest BCUT2D eigenvalue weighted by atomic mass is 10.1. The summed E-state index contributed by atoms with van der Waals surface area (Å²) in [5.74, 6) is -0.355. The Morgan fingerprint density at radius 2 is 1.70 bits per heavy atom. The summed E-state index contributed by atoms with van der Waals surface area (Å²) in [5.41, 5.74) is 10.1. The van der Waals surface area contributed by atoms with Gasteiger partial charge in [0, 0.05) is 11.4 Å². The molecule has 4 nitrogen and oxygen atoms in total. The molecule has 0 bridgehead atoms. The molecule has 4 N–H and O–H groups in total. The van der Waals surface area contributed by atoms with Gasteiger partial charge in [-0.25, -0.2) is 0 Å². The van der Waals surface area contributed by atoms with E-state index in [1.54, 1.807) is 30.3 Å². The summed E-state index contributed by atoms with van der Waals surface area (Å²) in [6.45, 7) is 5.62. The van der Waals surface area contributed by atoms with Crippen molar-refractivity contribution in [2.24, 2.45) is 0 Å². The van der Waals surface area contributed by atoms with Crippen LogP contribution in [0.15, 0.2) is 30.3 Å². The number of benzene rings is 2. The Labute approximate surface area is 118 Å². The molecule has 0 radical (unpaired) electrons. The van der Waals surface area contributed by atoms with Crippen molar-refractivity contribution >= 4 is 17.3 Å². The third kappa shape index (κ3) is 2.74. The highest BCUT2D eigenvalue weighted by Gasteiger charge is 2.13. The van der Waals surface area contributed by atoms with Gasteiger partial charge in [-0.1, -0.05) is 6.07 Å². The van der Waals surface area contributed by atoms with Gasteiger partial charge in [-0.3, -0.25) is 4.79 Å². The standard InChI is InChI=1S/C16H18N2O2/c1-9-4-5-13(14(19)6-9)16(20)18-15-10(2)7-12(17)8-11(15)3/h4-8,19H,17H2,1-3H3,(H,18,20). The van der Waals surface area contributed by atoms with Gasteiger partial charge in [-0.2, -0.15) is 0 Å². The van der Waals surface area contributed by atoms with Crippen LogP contribution in [0.1, 0.15) is 27.0 Å². The quantitative estimate of drug-likeness (QED) is 0.734. The monoisotopic (exact) mass is 270 g/mol. The first-order valence-corrected chi connectivity index (χ1v) is 6.36. The van der Waals surface area contributed by atoms with Crippen LogP contribution in [0.3, 0.4) is 0 Å². The van der Waals surface area contributed by atoms with E-state index < -0.39 is 0 Å². The zero-order valence-electron chi connectivity index (χ0n) is 11.8. The van der Waals surface area contributed by atoms with Crippen LogP contribution in [0.4, 0.5) is 11.4 Å². The molecule has 1 amide bonds. The van der Waals surface area contributed by atoms with Crippen LogP contribution in [0.25, 0.3) is 0 Å². The third-order valence-electron chi connectivity index (χ3n) is 3.19. The molecule has 0 aromatic heterocycles. The minimum absolute atomic E-state index is 0.0201. The van der Waals surface area contributed by atoms with E-state index in [0.717, 1.165) is 22.4 Å². The maximum Gasteiger partial charge on any atom is 0.259 e. The number of carbonyl (C=O) groups is 1. The van der Waals surface area contributed by atoms with Crippen molar-refractivity contribution in [2.75, 3.05) is 11.1 Å². The molecule has 0 heterocycles. The number of phenolic OH excluding ortho intramolecular Hbond substituents is 1. The fourth-order valence-corrected chi connectivity index (χ4v) is 2.21. The van der Waals surface area contributed by atoms with Gasteiger partial charge in [0.05, 0.1) is 5.56 Å². The van der Waals surface area contributed by atoms with Gasteiger partial charge in [0.2, 0.25) is 0 Å². The van der Waals surface area contributed by atoms with Crippen molar-refractivity contribution in [3.8, 4) is 5.75 Å². The summed E-state index contributed by atoms with van der Waals surface area (Å²) < 4.78 is 0. The number of aromatic hydroxyl groups is 1. The Bertz CT molecular complexity index is 655. The minimum atomic E-state index is -0.335. The molecule has 2 aromatic rings. The highest BCUT2D eigenvalue weighted by atomic mass is 16.3. The molecule has 0 aliphatic carbocycles. The van der Waals surface area contributed by atoms with Crippen molar-refractivity contribution in [3.63, 3.8) is 0 Å². The molecular formula is C16H18N2O2. The summed E-state index contributed by atoms with van der Waals surface area (Å²) >= 11 is 0. The fraction of sp³-hybridized carbons (Fsp3) is 0.188. The molecule has 2 rings (SSSR count). The molecule has 0 aliphatic heterocycles. The predicted molar refractivity (Wildman–Crippen MR) is 81.1 cm³/mol. The van der Waals surface area contributed by atoms with Gasteiger partial charge in [-0.05, 0) is 61.7 Å². The van der Waals surface area contributed by atoms with Crippen molar-refractivity contribution in [3.05, 3.63) is 52.6 Å². The topological polar surface area (TPSA) is 75.4 Å². The number of phenols is 1. The number of hydrogen-bond donors (Lipinski definition) is 3. The number of nitrogens with one attached hydrogen (secondary N) is 1. The van der Waals surface area contributed by atoms with Crippen molar-refractivity contribution < 1.29 is 9.90 Å². The molecule has 104 valence electrons. The molecule has 2 aromatic carbocycles. The molecule has 0 aliphatic rings. The van der Waals surface area contributed by atoms with Gasteiger partial charge in [-0.15, -0.1) is 0 Å². The molecule has 0 spiro atoms. The normalized spacial score (nSPS) is 10.3. The number of nitrogen functional groups attached to an aromatic ring is 1. The fourth-order valence-electron chi connectivity index (χ4n) is 2.21. The van der Waals surface area contributed by atoms with Crippen LogP contribution in [-0.2, 0) is 0 Å². The zero-order chi connectivity index (χ0) is 14.9. The Morgan fingerprint density at radius 3 is 2.25 bits per heavy atom. The SMILES string of the molecule is Cc1ccc(C(=O)Nc2c(C)cc(N)cc2C)c(O)c1. The van der Waals surface area contributed by atoms with Crippen molar-refractivity contribution in [1.82, 2.24) is 0 Å². The Hall–Kier alpha value is -2.49. The first kappa shape index (κ1) is 13.9. The largest absolute Gasteiger partial charge is 0.507 e. The number of amides is 1. The van der Waals surface area contributed by atoms with Crippen molar-refractivity contribution in [2.45, 2.75) is 20.8 Å². The smallest absolute Gasteiger partial charge is 0.259 e. The van der Waals surface area contributed by atoms with E-state index >= 15 is 0 Å². The molecule has 0 unspecified atom stereocenters. The minimum Gasteiger partial charge on any atom is -0.507 e. The average molecular weight is 270 g/mol. The summed E-state index contributed by atoms with van der Waals surface area (Å²) in [4.78, 5) is 12.2. The number of anilines is 2. The lowest BCUT2D eigenvalue weighted by Crippen LogP contribution is -2.14. The van der Waals surface area contributed by atoms with E-state index in [9.17, 15) is 9.90 Å². The summed E-state index contributed by atoms with van der Waals surface area (Å²) in [6.07, 6.45) is 0. The molecule has 0 atom stereocenters. The number of nitrogens with two attached hydrogens (primary N) is 1. The Balaban J connectivity index is 2.33. The van der Waals surface area contributed by atoms with Crippen LogP contribution < -0.4 is 11.1 Å². The van der Waals surface area contributed by atoms with E-state index in [0.29, 0.717) is 5.69 Å². The van der Waals surface area contributed by atoms with Gasteiger partial charge >= 0.3 is 0 Å². The molecule has 0 saturated carbocycles. The lowest BCUT2D eigenvalue weighted by Gasteiger charge is -2.13. The predicted octanol–water partition coefficient (Wildman–Crippen LogP) is 3.15. The second-order valence-electron chi connectivity index (χ2n) is 5.00. The maximum atomic E-state index is 12.2. The average Bonchev–Trinajstić information content (AvgIpc) is 2.33. The Morgan fingerprint density at radius 1 is 1.10 bits per heavy atom. The highest BCUT2D eigenvalue weighted by Crippen LogP contribution is 2.25. The van der Waals surface area contributed by atoms with Crippen LogP contribution in [0, 0.1) is 20.8 Å². The molecule has 20 heavy (non-hydrogen) atoms. The Kier molecular flexibility index (Phi) is 3.66. The lowest BCUT2D eigenvalue weighted by molar-refractivity contribution is 0.102. The van der Waals surface area contributed by atoms with Gasteiger partial charge < -0.3 is 16.2 Å². The van der Waals surface area contributed by atoms with Gasteiger partial charge in [0.25, 0.3) is 5.91 Å². The van der Waals surface area contributed by atoms with Crippen LogP contribution >= 0.6 is 0 Å².